The predicted octanol–water partition coefficient (Wildman–Crippen LogP) is 0.727. The van der Waals surface area contributed by atoms with Gasteiger partial charge in [0.15, 0.2) is 0 Å². The minimum Gasteiger partial charge on any atom is -0.328 e. The Labute approximate surface area is 96.8 Å². The van der Waals surface area contributed by atoms with Crippen molar-refractivity contribution in [3.05, 3.63) is 40.4 Å². The van der Waals surface area contributed by atoms with Crippen molar-refractivity contribution in [2.45, 2.75) is 13.8 Å². The van der Waals surface area contributed by atoms with Gasteiger partial charge in [-0.05, 0) is 19.1 Å². The second kappa shape index (κ2) is 4.25. The third kappa shape index (κ3) is 2.10. The second-order valence-corrected chi connectivity index (χ2v) is 3.50. The molecule has 2 aromatic rings. The van der Waals surface area contributed by atoms with Gasteiger partial charge in [-0.3, -0.25) is 4.79 Å². The minimum atomic E-state index is -0.538. The average molecular weight is 233 g/mol. The standard InChI is InChI=1S/C11H11N3O3/c1-7-12-10-6-4-3-5-9(10)11(16)14(7)13-17-8(2)15/h3-6,13H,1-2H3. The van der Waals surface area contributed by atoms with Crippen LogP contribution in [0.25, 0.3) is 10.9 Å². The summed E-state index contributed by atoms with van der Waals surface area (Å²) in [5.74, 6) is -0.126. The first-order valence-corrected chi connectivity index (χ1v) is 5.01. The molecule has 0 aliphatic rings. The molecule has 1 aromatic carbocycles. The molecule has 0 aliphatic heterocycles. The highest BCUT2D eigenvalue weighted by Crippen LogP contribution is 2.06. The summed E-state index contributed by atoms with van der Waals surface area (Å²) in [6, 6.07) is 6.96. The summed E-state index contributed by atoms with van der Waals surface area (Å²) >= 11 is 0. The van der Waals surface area contributed by atoms with Gasteiger partial charge in [0.2, 0.25) is 0 Å². The molecular formula is C11H11N3O3. The summed E-state index contributed by atoms with van der Waals surface area (Å²) in [6.07, 6.45) is 0. The molecule has 0 aliphatic carbocycles. The number of aryl methyl sites for hydroxylation is 1. The van der Waals surface area contributed by atoms with Gasteiger partial charge >= 0.3 is 5.97 Å². The lowest BCUT2D eigenvalue weighted by atomic mass is 10.2. The summed E-state index contributed by atoms with van der Waals surface area (Å²) in [4.78, 5) is 31.5. The molecule has 88 valence electrons. The van der Waals surface area contributed by atoms with Crippen LogP contribution in [-0.2, 0) is 9.63 Å². The first-order valence-electron chi connectivity index (χ1n) is 5.01. The fourth-order valence-electron chi connectivity index (χ4n) is 1.46. The van der Waals surface area contributed by atoms with Crippen molar-refractivity contribution >= 4 is 16.9 Å². The smallest absolute Gasteiger partial charge is 0.328 e. The molecule has 0 unspecified atom stereocenters. The van der Waals surface area contributed by atoms with Crippen LogP contribution in [0.5, 0.6) is 0 Å². The lowest BCUT2D eigenvalue weighted by molar-refractivity contribution is -0.139. The predicted molar refractivity (Wildman–Crippen MR) is 61.9 cm³/mol. The van der Waals surface area contributed by atoms with Crippen LogP contribution in [0, 0.1) is 6.92 Å². The van der Waals surface area contributed by atoms with E-state index in [2.05, 4.69) is 15.4 Å². The van der Waals surface area contributed by atoms with Gasteiger partial charge in [0.05, 0.1) is 10.9 Å². The average Bonchev–Trinajstić information content (AvgIpc) is 2.28. The number of rotatable bonds is 2. The summed E-state index contributed by atoms with van der Waals surface area (Å²) < 4.78 is 1.09. The highest BCUT2D eigenvalue weighted by Gasteiger charge is 2.07. The van der Waals surface area contributed by atoms with E-state index in [0.717, 1.165) is 4.68 Å². The molecule has 0 bridgehead atoms. The molecule has 2 rings (SSSR count). The van der Waals surface area contributed by atoms with Gasteiger partial charge in [-0.25, -0.2) is 9.78 Å². The van der Waals surface area contributed by atoms with E-state index in [1.165, 1.54) is 6.92 Å². The normalized spacial score (nSPS) is 10.2. The van der Waals surface area contributed by atoms with E-state index in [9.17, 15) is 9.59 Å². The number of fused-ring (bicyclic) bond motifs is 1. The van der Waals surface area contributed by atoms with Gasteiger partial charge in [0, 0.05) is 6.92 Å². The molecular weight excluding hydrogens is 222 g/mol. The quantitative estimate of drug-likeness (QED) is 0.774. The monoisotopic (exact) mass is 233 g/mol. The van der Waals surface area contributed by atoms with Crippen molar-refractivity contribution in [3.63, 3.8) is 0 Å². The van der Waals surface area contributed by atoms with Crippen LogP contribution in [-0.4, -0.2) is 15.6 Å². The minimum absolute atomic E-state index is 0.311. The maximum Gasteiger partial charge on any atom is 0.331 e. The molecule has 6 heteroatoms. The Bertz CT molecular complexity index is 633. The summed E-state index contributed by atoms with van der Waals surface area (Å²) in [6.45, 7) is 2.88. The second-order valence-electron chi connectivity index (χ2n) is 3.50. The van der Waals surface area contributed by atoms with Gasteiger partial charge in [-0.1, -0.05) is 12.1 Å². The molecule has 0 radical (unpaired) electrons. The fourth-order valence-corrected chi connectivity index (χ4v) is 1.46. The van der Waals surface area contributed by atoms with Gasteiger partial charge in [-0.15, -0.1) is 5.59 Å². The maximum atomic E-state index is 12.0. The van der Waals surface area contributed by atoms with Crippen LogP contribution in [0.4, 0.5) is 0 Å². The van der Waals surface area contributed by atoms with Crippen LogP contribution in [0.1, 0.15) is 12.7 Å². The molecule has 1 aromatic heterocycles. The molecule has 0 spiro atoms. The molecule has 1 N–H and O–H groups in total. The summed E-state index contributed by atoms with van der Waals surface area (Å²) in [5, 5.41) is 0.456. The van der Waals surface area contributed by atoms with Gasteiger partial charge < -0.3 is 4.84 Å². The molecule has 0 saturated heterocycles. The summed E-state index contributed by atoms with van der Waals surface area (Å²) in [5.41, 5.74) is 2.56. The lowest BCUT2D eigenvalue weighted by Crippen LogP contribution is -2.33. The van der Waals surface area contributed by atoms with E-state index in [4.69, 9.17) is 0 Å². The Morgan fingerprint density at radius 2 is 2.12 bits per heavy atom. The first-order chi connectivity index (χ1) is 8.09. The van der Waals surface area contributed by atoms with Crippen molar-refractivity contribution < 1.29 is 9.63 Å². The zero-order valence-corrected chi connectivity index (χ0v) is 9.43. The van der Waals surface area contributed by atoms with E-state index in [1.54, 1.807) is 31.2 Å². The Balaban J connectivity index is 2.56. The van der Waals surface area contributed by atoms with Gasteiger partial charge in [0.25, 0.3) is 5.56 Å². The number of hydrogen-bond donors (Lipinski definition) is 1. The topological polar surface area (TPSA) is 73.2 Å². The Morgan fingerprint density at radius 3 is 2.82 bits per heavy atom. The largest absolute Gasteiger partial charge is 0.331 e. The first kappa shape index (κ1) is 11.1. The SMILES string of the molecule is CC(=O)ONn1c(C)nc2ccccc2c1=O. The highest BCUT2D eigenvalue weighted by atomic mass is 16.7. The molecule has 0 fully saturated rings. The molecule has 1 heterocycles. The zero-order chi connectivity index (χ0) is 12.4. The van der Waals surface area contributed by atoms with Crippen molar-refractivity contribution in [3.8, 4) is 0 Å². The van der Waals surface area contributed by atoms with E-state index in [0.29, 0.717) is 16.7 Å². The van der Waals surface area contributed by atoms with Crippen molar-refractivity contribution in [1.82, 2.24) is 9.66 Å². The van der Waals surface area contributed by atoms with Crippen LogP contribution in [0.2, 0.25) is 0 Å². The molecule has 0 atom stereocenters. The lowest BCUT2D eigenvalue weighted by Gasteiger charge is -2.11. The number of carbonyl (C=O) groups is 1. The molecule has 17 heavy (non-hydrogen) atoms. The van der Waals surface area contributed by atoms with Crippen molar-refractivity contribution in [1.29, 1.82) is 0 Å². The van der Waals surface area contributed by atoms with E-state index < -0.39 is 5.97 Å². The van der Waals surface area contributed by atoms with E-state index in [-0.39, 0.29) is 5.56 Å². The number of carbonyl (C=O) groups excluding carboxylic acids is 1. The highest BCUT2D eigenvalue weighted by molar-refractivity contribution is 5.77. The third-order valence-electron chi connectivity index (χ3n) is 2.22. The number of nitrogens with zero attached hydrogens (tertiary/aromatic N) is 2. The van der Waals surface area contributed by atoms with E-state index in [1.807, 2.05) is 0 Å². The maximum absolute atomic E-state index is 12.0. The Morgan fingerprint density at radius 1 is 1.41 bits per heavy atom. The van der Waals surface area contributed by atoms with Crippen molar-refractivity contribution in [2.75, 3.05) is 5.59 Å². The van der Waals surface area contributed by atoms with Crippen LogP contribution >= 0.6 is 0 Å². The van der Waals surface area contributed by atoms with Gasteiger partial charge in [-0.2, -0.15) is 4.68 Å². The van der Waals surface area contributed by atoms with Crippen LogP contribution in [0.3, 0.4) is 0 Å². The Kier molecular flexibility index (Phi) is 2.78. The Hall–Kier alpha value is -2.37. The number of para-hydroxylation sites is 1. The molecule has 0 saturated carbocycles. The third-order valence-corrected chi connectivity index (χ3v) is 2.22. The number of hydrogen-bond acceptors (Lipinski definition) is 5. The van der Waals surface area contributed by atoms with Crippen molar-refractivity contribution in [2.24, 2.45) is 0 Å². The van der Waals surface area contributed by atoms with Crippen LogP contribution in [0.15, 0.2) is 29.1 Å². The van der Waals surface area contributed by atoms with Crippen LogP contribution < -0.4 is 11.1 Å². The summed E-state index contributed by atoms with van der Waals surface area (Å²) in [7, 11) is 0. The molecule has 0 amide bonds. The molecule has 6 nitrogen and oxygen atoms in total. The van der Waals surface area contributed by atoms with Gasteiger partial charge in [0.1, 0.15) is 5.82 Å². The number of aromatic nitrogens is 2. The number of nitrogens with one attached hydrogen (secondary N) is 1. The zero-order valence-electron chi connectivity index (χ0n) is 9.43. The van der Waals surface area contributed by atoms with E-state index >= 15 is 0 Å². The number of benzene rings is 1. The fraction of sp³-hybridized carbons (Fsp3) is 0.182.